The molecule has 1 atom stereocenters. The van der Waals surface area contributed by atoms with Crippen LogP contribution in [0.3, 0.4) is 0 Å². The number of furan rings is 1. The van der Waals surface area contributed by atoms with Gasteiger partial charge in [-0.05, 0) is 11.6 Å². The fourth-order valence-corrected chi connectivity index (χ4v) is 2.82. The Morgan fingerprint density at radius 3 is 2.65 bits per heavy atom. The molecule has 0 saturated carbocycles. The lowest BCUT2D eigenvalue weighted by atomic mass is 10.1. The van der Waals surface area contributed by atoms with Crippen molar-refractivity contribution in [2.45, 2.75) is 6.04 Å². The number of hydrogen-bond donors (Lipinski definition) is 2. The van der Waals surface area contributed by atoms with Crippen molar-refractivity contribution in [3.8, 4) is 10.6 Å². The van der Waals surface area contributed by atoms with Crippen molar-refractivity contribution in [2.24, 2.45) is 0 Å². The lowest BCUT2D eigenvalue weighted by Crippen LogP contribution is -2.33. The highest BCUT2D eigenvalue weighted by Gasteiger charge is 2.23. The largest absolute Gasteiger partial charge is 0.479 e. The van der Waals surface area contributed by atoms with E-state index in [1.165, 1.54) is 23.9 Å². The molecule has 0 fully saturated rings. The average Bonchev–Trinajstić information content (AvgIpc) is 3.23. The van der Waals surface area contributed by atoms with Gasteiger partial charge in [0.25, 0.3) is 5.91 Å². The Balaban J connectivity index is 1.79. The van der Waals surface area contributed by atoms with Crippen LogP contribution in [0.2, 0.25) is 0 Å². The number of thiazole rings is 1. The van der Waals surface area contributed by atoms with E-state index >= 15 is 0 Å². The average molecular weight is 328 g/mol. The van der Waals surface area contributed by atoms with E-state index in [4.69, 9.17) is 4.42 Å². The summed E-state index contributed by atoms with van der Waals surface area (Å²) < 4.78 is 4.98. The number of nitrogens with zero attached hydrogens (tertiary/aromatic N) is 1. The van der Waals surface area contributed by atoms with Crippen LogP contribution in [0.1, 0.15) is 22.1 Å². The van der Waals surface area contributed by atoms with Gasteiger partial charge in [0.1, 0.15) is 17.0 Å². The second-order valence-electron chi connectivity index (χ2n) is 4.71. The molecular formula is C16H12N2O4S. The van der Waals surface area contributed by atoms with Gasteiger partial charge in [0, 0.05) is 10.9 Å². The van der Waals surface area contributed by atoms with Crippen molar-refractivity contribution < 1.29 is 19.1 Å². The maximum atomic E-state index is 12.3. The van der Waals surface area contributed by atoms with Crippen molar-refractivity contribution in [2.75, 3.05) is 0 Å². The van der Waals surface area contributed by atoms with Gasteiger partial charge in [-0.2, -0.15) is 0 Å². The Morgan fingerprint density at radius 1 is 1.22 bits per heavy atom. The van der Waals surface area contributed by atoms with Crippen LogP contribution in [-0.2, 0) is 4.79 Å². The number of benzene rings is 1. The van der Waals surface area contributed by atoms with Gasteiger partial charge in [-0.1, -0.05) is 30.3 Å². The van der Waals surface area contributed by atoms with Crippen LogP contribution in [0.15, 0.2) is 58.7 Å². The van der Waals surface area contributed by atoms with Crippen LogP contribution >= 0.6 is 11.3 Å². The Bertz CT molecular complexity index is 812. The minimum atomic E-state index is -1.13. The summed E-state index contributed by atoms with van der Waals surface area (Å²) in [5.74, 6) is -1.66. The van der Waals surface area contributed by atoms with Crippen LogP contribution in [-0.4, -0.2) is 22.0 Å². The SMILES string of the molecule is O=C(NC(C(=O)O)c1ccccc1)c1csc(-c2ccoc2)n1. The molecule has 0 saturated heterocycles. The van der Waals surface area contributed by atoms with E-state index in [9.17, 15) is 14.7 Å². The van der Waals surface area contributed by atoms with E-state index in [1.54, 1.807) is 41.8 Å². The second-order valence-corrected chi connectivity index (χ2v) is 5.56. The summed E-state index contributed by atoms with van der Waals surface area (Å²) in [6, 6.07) is 9.14. The van der Waals surface area contributed by atoms with Crippen molar-refractivity contribution >= 4 is 23.2 Å². The van der Waals surface area contributed by atoms with Crippen molar-refractivity contribution in [1.82, 2.24) is 10.3 Å². The lowest BCUT2D eigenvalue weighted by molar-refractivity contribution is -0.139. The summed E-state index contributed by atoms with van der Waals surface area (Å²) in [7, 11) is 0. The Kier molecular flexibility index (Phi) is 4.20. The molecule has 116 valence electrons. The fourth-order valence-electron chi connectivity index (χ4n) is 2.03. The zero-order valence-electron chi connectivity index (χ0n) is 11.8. The predicted octanol–water partition coefficient (Wildman–Crippen LogP) is 2.96. The maximum absolute atomic E-state index is 12.3. The van der Waals surface area contributed by atoms with E-state index in [1.807, 2.05) is 0 Å². The minimum absolute atomic E-state index is 0.174. The molecule has 0 aliphatic rings. The van der Waals surface area contributed by atoms with Gasteiger partial charge in [0.2, 0.25) is 0 Å². The van der Waals surface area contributed by atoms with Gasteiger partial charge >= 0.3 is 5.97 Å². The number of amides is 1. The van der Waals surface area contributed by atoms with Gasteiger partial charge in [0.05, 0.1) is 6.26 Å². The van der Waals surface area contributed by atoms with Crippen molar-refractivity contribution in [3.05, 3.63) is 65.6 Å². The summed E-state index contributed by atoms with van der Waals surface area (Å²) in [6.07, 6.45) is 3.05. The molecule has 0 bridgehead atoms. The molecule has 2 N–H and O–H groups in total. The number of carboxylic acids is 1. The highest BCUT2D eigenvalue weighted by molar-refractivity contribution is 7.13. The number of carbonyl (C=O) groups excluding carboxylic acids is 1. The Hall–Kier alpha value is -2.93. The van der Waals surface area contributed by atoms with Crippen LogP contribution in [0.4, 0.5) is 0 Å². The van der Waals surface area contributed by atoms with Crippen LogP contribution in [0, 0.1) is 0 Å². The monoisotopic (exact) mass is 328 g/mol. The summed E-state index contributed by atoms with van der Waals surface area (Å²) in [5, 5.41) is 14.0. The summed E-state index contributed by atoms with van der Waals surface area (Å²) >= 11 is 1.29. The van der Waals surface area contributed by atoms with E-state index in [-0.39, 0.29) is 5.69 Å². The van der Waals surface area contributed by atoms with E-state index < -0.39 is 17.9 Å². The standard InChI is InChI=1S/C16H12N2O4S/c19-14(12-9-23-15(17-12)11-6-7-22-8-11)18-13(16(20)21)10-4-2-1-3-5-10/h1-9,13H,(H,18,19)(H,20,21). The first-order chi connectivity index (χ1) is 11.1. The van der Waals surface area contributed by atoms with Crippen LogP contribution in [0.25, 0.3) is 10.6 Å². The molecular weight excluding hydrogens is 316 g/mol. The number of hydrogen-bond acceptors (Lipinski definition) is 5. The van der Waals surface area contributed by atoms with E-state index in [2.05, 4.69) is 10.3 Å². The number of aliphatic carboxylic acids is 1. The first-order valence-corrected chi connectivity index (χ1v) is 7.60. The molecule has 3 aromatic rings. The molecule has 2 heterocycles. The maximum Gasteiger partial charge on any atom is 0.330 e. The van der Waals surface area contributed by atoms with Crippen molar-refractivity contribution in [3.63, 3.8) is 0 Å². The number of carbonyl (C=O) groups is 2. The second kappa shape index (κ2) is 6.45. The van der Waals surface area contributed by atoms with Gasteiger partial charge < -0.3 is 14.8 Å². The first kappa shape index (κ1) is 15.0. The van der Waals surface area contributed by atoms with Crippen LogP contribution in [0.5, 0.6) is 0 Å². The third-order valence-electron chi connectivity index (χ3n) is 3.16. The van der Waals surface area contributed by atoms with E-state index in [0.717, 1.165) is 5.56 Å². The topological polar surface area (TPSA) is 92.4 Å². The fraction of sp³-hybridized carbons (Fsp3) is 0.0625. The minimum Gasteiger partial charge on any atom is -0.479 e. The molecule has 3 rings (SSSR count). The Morgan fingerprint density at radius 2 is 2.00 bits per heavy atom. The first-order valence-electron chi connectivity index (χ1n) is 6.72. The van der Waals surface area contributed by atoms with Gasteiger partial charge in [-0.3, -0.25) is 4.79 Å². The Labute approximate surface area is 135 Å². The molecule has 1 unspecified atom stereocenters. The molecule has 7 heteroatoms. The zero-order chi connectivity index (χ0) is 16.2. The molecule has 6 nitrogen and oxygen atoms in total. The summed E-state index contributed by atoms with van der Waals surface area (Å²) in [5.41, 5.74) is 1.44. The van der Waals surface area contributed by atoms with Crippen molar-refractivity contribution in [1.29, 1.82) is 0 Å². The highest BCUT2D eigenvalue weighted by Crippen LogP contribution is 2.24. The molecule has 0 radical (unpaired) electrons. The molecule has 2 aromatic heterocycles. The normalized spacial score (nSPS) is 11.8. The predicted molar refractivity (Wildman–Crippen MR) is 84.1 cm³/mol. The molecule has 0 spiro atoms. The van der Waals surface area contributed by atoms with E-state index in [0.29, 0.717) is 10.6 Å². The van der Waals surface area contributed by atoms with Gasteiger partial charge in [0.15, 0.2) is 6.04 Å². The molecule has 1 amide bonds. The molecule has 1 aromatic carbocycles. The third-order valence-corrected chi connectivity index (χ3v) is 4.05. The summed E-state index contributed by atoms with van der Waals surface area (Å²) in [4.78, 5) is 27.9. The van der Waals surface area contributed by atoms with Gasteiger partial charge in [-0.25, -0.2) is 9.78 Å². The number of carboxylic acid groups (broad SMARTS) is 1. The summed E-state index contributed by atoms with van der Waals surface area (Å²) in [6.45, 7) is 0. The number of aromatic nitrogens is 1. The molecule has 23 heavy (non-hydrogen) atoms. The highest BCUT2D eigenvalue weighted by atomic mass is 32.1. The molecule has 0 aliphatic heterocycles. The zero-order valence-corrected chi connectivity index (χ0v) is 12.6. The third kappa shape index (κ3) is 3.29. The smallest absolute Gasteiger partial charge is 0.330 e. The molecule has 0 aliphatic carbocycles. The number of rotatable bonds is 5. The number of nitrogens with one attached hydrogen (secondary N) is 1. The van der Waals surface area contributed by atoms with Gasteiger partial charge in [-0.15, -0.1) is 11.3 Å². The quantitative estimate of drug-likeness (QED) is 0.751. The lowest BCUT2D eigenvalue weighted by Gasteiger charge is -2.13. The van der Waals surface area contributed by atoms with Crippen LogP contribution < -0.4 is 5.32 Å².